The Hall–Kier alpha value is -0.580. The highest BCUT2D eigenvalue weighted by Crippen LogP contribution is 2.29. The van der Waals surface area contributed by atoms with Gasteiger partial charge in [0, 0.05) is 29.6 Å². The molecule has 0 radical (unpaired) electrons. The molecule has 1 heterocycles. The Morgan fingerprint density at radius 1 is 1.32 bits per heavy atom. The maximum atomic E-state index is 3.67. The van der Waals surface area contributed by atoms with Crippen LogP contribution in [0.5, 0.6) is 0 Å². The first-order valence-electron chi connectivity index (χ1n) is 6.99. The second-order valence-electron chi connectivity index (χ2n) is 5.42. The van der Waals surface area contributed by atoms with Crippen LogP contribution in [0.15, 0.2) is 28.7 Å². The highest BCUT2D eigenvalue weighted by molar-refractivity contribution is 9.10. The van der Waals surface area contributed by atoms with Crippen LogP contribution in [0.3, 0.4) is 0 Å². The zero-order valence-electron chi connectivity index (χ0n) is 12.1. The number of nitrogens with zero attached hydrogens (tertiary/aromatic N) is 2. The molecule has 19 heavy (non-hydrogen) atoms. The third kappa shape index (κ3) is 3.50. The van der Waals surface area contributed by atoms with Gasteiger partial charge in [0.1, 0.15) is 0 Å². The van der Waals surface area contributed by atoms with Crippen molar-refractivity contribution in [1.82, 2.24) is 10.2 Å². The Morgan fingerprint density at radius 2 is 2.05 bits per heavy atom. The highest BCUT2D eigenvalue weighted by Gasteiger charge is 2.29. The number of para-hydroxylation sites is 1. The molecular formula is C15H24BrN3. The largest absolute Gasteiger partial charge is 0.367 e. The fraction of sp³-hybridized carbons (Fsp3) is 0.600. The van der Waals surface area contributed by atoms with Gasteiger partial charge in [-0.25, -0.2) is 0 Å². The zero-order chi connectivity index (χ0) is 13.8. The summed E-state index contributed by atoms with van der Waals surface area (Å²) in [6, 6.07) is 9.72. The summed E-state index contributed by atoms with van der Waals surface area (Å²) in [5, 5.41) is 3.26. The monoisotopic (exact) mass is 325 g/mol. The number of likely N-dealkylation sites (N-methyl/N-ethyl adjacent to an activating group) is 1. The van der Waals surface area contributed by atoms with Crippen molar-refractivity contribution in [2.75, 3.05) is 38.6 Å². The molecule has 0 bridgehead atoms. The molecule has 0 aromatic heterocycles. The van der Waals surface area contributed by atoms with Gasteiger partial charge in [0.25, 0.3) is 0 Å². The van der Waals surface area contributed by atoms with Crippen LogP contribution in [0.1, 0.15) is 13.3 Å². The van der Waals surface area contributed by atoms with E-state index in [0.717, 1.165) is 19.6 Å². The summed E-state index contributed by atoms with van der Waals surface area (Å²) in [5.74, 6) is 0. The van der Waals surface area contributed by atoms with E-state index in [2.05, 4.69) is 69.3 Å². The summed E-state index contributed by atoms with van der Waals surface area (Å²) in [5.41, 5.74) is 1.32. The molecular weight excluding hydrogens is 302 g/mol. The Bertz CT molecular complexity index is 410. The number of benzene rings is 1. The van der Waals surface area contributed by atoms with Crippen molar-refractivity contribution < 1.29 is 0 Å². The van der Waals surface area contributed by atoms with Crippen molar-refractivity contribution in [2.24, 2.45) is 0 Å². The van der Waals surface area contributed by atoms with Crippen LogP contribution in [0.25, 0.3) is 0 Å². The van der Waals surface area contributed by atoms with Crippen molar-refractivity contribution in [2.45, 2.75) is 25.4 Å². The SMILES string of the molecule is CNCCC1CN(c2ccccc2Br)CC(C)N1C. The minimum absolute atomic E-state index is 0.586. The van der Waals surface area contributed by atoms with E-state index < -0.39 is 0 Å². The van der Waals surface area contributed by atoms with Gasteiger partial charge in [0.2, 0.25) is 0 Å². The molecule has 1 aromatic rings. The number of halogens is 1. The van der Waals surface area contributed by atoms with Gasteiger partial charge in [-0.1, -0.05) is 12.1 Å². The molecule has 0 aliphatic carbocycles. The summed E-state index contributed by atoms with van der Waals surface area (Å²) in [7, 11) is 4.28. The van der Waals surface area contributed by atoms with Crippen molar-refractivity contribution in [3.8, 4) is 0 Å². The van der Waals surface area contributed by atoms with Crippen LogP contribution >= 0.6 is 15.9 Å². The molecule has 2 unspecified atom stereocenters. The molecule has 1 aliphatic heterocycles. The number of piperazine rings is 1. The predicted molar refractivity (Wildman–Crippen MR) is 85.9 cm³/mol. The van der Waals surface area contributed by atoms with E-state index in [0.29, 0.717) is 12.1 Å². The molecule has 106 valence electrons. The predicted octanol–water partition coefficient (Wildman–Crippen LogP) is 2.57. The molecule has 4 heteroatoms. The van der Waals surface area contributed by atoms with Crippen LogP contribution in [-0.4, -0.2) is 50.7 Å². The third-order valence-electron chi connectivity index (χ3n) is 4.11. The van der Waals surface area contributed by atoms with Crippen molar-refractivity contribution in [1.29, 1.82) is 0 Å². The maximum Gasteiger partial charge on any atom is 0.0511 e. The van der Waals surface area contributed by atoms with Crippen molar-refractivity contribution in [3.05, 3.63) is 28.7 Å². The van der Waals surface area contributed by atoms with Gasteiger partial charge in [0.15, 0.2) is 0 Å². The summed E-state index contributed by atoms with van der Waals surface area (Å²) < 4.78 is 1.19. The van der Waals surface area contributed by atoms with E-state index in [4.69, 9.17) is 0 Å². The molecule has 1 N–H and O–H groups in total. The van der Waals surface area contributed by atoms with Crippen LogP contribution in [0, 0.1) is 0 Å². The van der Waals surface area contributed by atoms with E-state index >= 15 is 0 Å². The number of nitrogens with one attached hydrogen (secondary N) is 1. The second kappa shape index (κ2) is 6.73. The van der Waals surface area contributed by atoms with Crippen LogP contribution in [0.4, 0.5) is 5.69 Å². The van der Waals surface area contributed by atoms with Crippen LogP contribution < -0.4 is 10.2 Å². The first-order valence-corrected chi connectivity index (χ1v) is 7.78. The molecule has 1 saturated heterocycles. The summed E-state index contributed by atoms with van der Waals surface area (Å²) in [6.07, 6.45) is 1.19. The van der Waals surface area contributed by atoms with Crippen LogP contribution in [-0.2, 0) is 0 Å². The second-order valence-corrected chi connectivity index (χ2v) is 6.27. The molecule has 1 fully saturated rings. The summed E-state index contributed by atoms with van der Waals surface area (Å²) in [4.78, 5) is 5.03. The van der Waals surface area contributed by atoms with Gasteiger partial charge in [-0.05, 0) is 62.0 Å². The first-order chi connectivity index (χ1) is 9.13. The first kappa shape index (κ1) is 14.8. The van der Waals surface area contributed by atoms with E-state index in [9.17, 15) is 0 Å². The quantitative estimate of drug-likeness (QED) is 0.917. The van der Waals surface area contributed by atoms with Gasteiger partial charge in [-0.2, -0.15) is 0 Å². The Kier molecular flexibility index (Phi) is 5.25. The molecule has 0 saturated carbocycles. The molecule has 1 aromatic carbocycles. The summed E-state index contributed by atoms with van der Waals surface area (Å²) in [6.45, 7) is 5.58. The van der Waals surface area contributed by atoms with E-state index in [1.807, 2.05) is 7.05 Å². The number of anilines is 1. The minimum Gasteiger partial charge on any atom is -0.367 e. The lowest BCUT2D eigenvalue weighted by atomic mass is 10.0. The van der Waals surface area contributed by atoms with Crippen molar-refractivity contribution >= 4 is 21.6 Å². The minimum atomic E-state index is 0.586. The third-order valence-corrected chi connectivity index (χ3v) is 4.78. The topological polar surface area (TPSA) is 18.5 Å². The van der Waals surface area contributed by atoms with Gasteiger partial charge in [-0.3, -0.25) is 4.90 Å². The van der Waals surface area contributed by atoms with Gasteiger partial charge in [-0.15, -0.1) is 0 Å². The maximum absolute atomic E-state index is 3.67. The average Bonchev–Trinajstić information content (AvgIpc) is 2.41. The molecule has 0 spiro atoms. The highest BCUT2D eigenvalue weighted by atomic mass is 79.9. The molecule has 2 rings (SSSR count). The van der Waals surface area contributed by atoms with Crippen molar-refractivity contribution in [3.63, 3.8) is 0 Å². The van der Waals surface area contributed by atoms with Crippen LogP contribution in [0.2, 0.25) is 0 Å². The van der Waals surface area contributed by atoms with E-state index in [-0.39, 0.29) is 0 Å². The number of hydrogen-bond donors (Lipinski definition) is 1. The fourth-order valence-electron chi connectivity index (χ4n) is 2.78. The molecule has 1 aliphatic rings. The molecule has 0 amide bonds. The zero-order valence-corrected chi connectivity index (χ0v) is 13.7. The lowest BCUT2D eigenvalue weighted by molar-refractivity contribution is 0.150. The lowest BCUT2D eigenvalue weighted by Crippen LogP contribution is -2.56. The van der Waals surface area contributed by atoms with E-state index in [1.54, 1.807) is 0 Å². The molecule has 3 nitrogen and oxygen atoms in total. The van der Waals surface area contributed by atoms with Gasteiger partial charge < -0.3 is 10.2 Å². The smallest absolute Gasteiger partial charge is 0.0511 e. The number of rotatable bonds is 4. The lowest BCUT2D eigenvalue weighted by Gasteiger charge is -2.45. The Morgan fingerprint density at radius 3 is 2.74 bits per heavy atom. The fourth-order valence-corrected chi connectivity index (χ4v) is 3.31. The Labute approximate surface area is 125 Å². The summed E-state index contributed by atoms with van der Waals surface area (Å²) >= 11 is 3.67. The van der Waals surface area contributed by atoms with E-state index in [1.165, 1.54) is 16.6 Å². The van der Waals surface area contributed by atoms with Gasteiger partial charge in [0.05, 0.1) is 5.69 Å². The van der Waals surface area contributed by atoms with Gasteiger partial charge >= 0.3 is 0 Å². The normalized spacial score (nSPS) is 24.7. The molecule has 2 atom stereocenters. The Balaban J connectivity index is 2.12. The average molecular weight is 326 g/mol. The number of hydrogen-bond acceptors (Lipinski definition) is 3. The standard InChI is InChI=1S/C15H24BrN3/c1-12-10-19(15-7-5-4-6-14(15)16)11-13(18(12)3)8-9-17-2/h4-7,12-13,17H,8-11H2,1-3H3.